The van der Waals surface area contributed by atoms with Gasteiger partial charge < -0.3 is 10.2 Å². The average molecular weight is 374 g/mol. The Morgan fingerprint density at radius 1 is 1.16 bits per heavy atom. The predicted octanol–water partition coefficient (Wildman–Crippen LogP) is 4.72. The molecule has 0 spiro atoms. The van der Waals surface area contributed by atoms with Gasteiger partial charge in [0.1, 0.15) is 6.07 Å². The van der Waals surface area contributed by atoms with Gasteiger partial charge in [-0.05, 0) is 49.2 Å². The highest BCUT2D eigenvalue weighted by molar-refractivity contribution is 6.32. The molecule has 1 aliphatic rings. The number of nitrogens with one attached hydrogen (secondary N) is 1. The Hall–Kier alpha value is -2.22. The van der Waals surface area contributed by atoms with Gasteiger partial charge in [-0.15, -0.1) is 0 Å². The van der Waals surface area contributed by atoms with Crippen LogP contribution in [0, 0.1) is 17.2 Å². The van der Waals surface area contributed by atoms with Gasteiger partial charge in [-0.3, -0.25) is 4.79 Å². The first-order chi connectivity index (χ1) is 12.1. The molecule has 2 aromatic rings. The van der Waals surface area contributed by atoms with Crippen LogP contribution in [0.1, 0.15) is 18.4 Å². The van der Waals surface area contributed by atoms with E-state index in [0.29, 0.717) is 16.3 Å². The van der Waals surface area contributed by atoms with Crippen LogP contribution in [-0.2, 0) is 4.79 Å². The zero-order chi connectivity index (χ0) is 17.8. The van der Waals surface area contributed by atoms with Crippen molar-refractivity contribution in [2.24, 2.45) is 5.92 Å². The van der Waals surface area contributed by atoms with Gasteiger partial charge in [0.05, 0.1) is 10.6 Å². The minimum Gasteiger partial charge on any atom is -0.371 e. The van der Waals surface area contributed by atoms with Crippen molar-refractivity contribution in [2.75, 3.05) is 23.3 Å². The highest BCUT2D eigenvalue weighted by Crippen LogP contribution is 2.27. The molecule has 128 valence electrons. The number of hydrogen-bond acceptors (Lipinski definition) is 3. The Morgan fingerprint density at radius 2 is 1.92 bits per heavy atom. The number of nitrogens with zero attached hydrogens (tertiary/aromatic N) is 2. The van der Waals surface area contributed by atoms with Crippen LogP contribution in [0.15, 0.2) is 42.5 Å². The summed E-state index contributed by atoms with van der Waals surface area (Å²) >= 11 is 12.1. The first kappa shape index (κ1) is 17.6. The SMILES string of the molecule is N#Cc1ccc(NC(=O)C2CCN(c3cccc(Cl)c3)CC2)cc1Cl. The van der Waals surface area contributed by atoms with Crippen LogP contribution in [-0.4, -0.2) is 19.0 Å². The molecular formula is C19H17Cl2N3O. The molecule has 1 N–H and O–H groups in total. The lowest BCUT2D eigenvalue weighted by Gasteiger charge is -2.33. The number of hydrogen-bond donors (Lipinski definition) is 1. The van der Waals surface area contributed by atoms with Crippen molar-refractivity contribution in [1.29, 1.82) is 5.26 Å². The minimum absolute atomic E-state index is 0.00785. The lowest BCUT2D eigenvalue weighted by molar-refractivity contribution is -0.120. The Kier molecular flexibility index (Phi) is 5.47. The normalized spacial score (nSPS) is 14.8. The lowest BCUT2D eigenvalue weighted by atomic mass is 9.95. The van der Waals surface area contributed by atoms with E-state index in [9.17, 15) is 4.79 Å². The van der Waals surface area contributed by atoms with E-state index in [0.717, 1.165) is 36.6 Å². The molecule has 0 aromatic heterocycles. The van der Waals surface area contributed by atoms with Crippen molar-refractivity contribution in [3.05, 3.63) is 58.1 Å². The summed E-state index contributed by atoms with van der Waals surface area (Å²) in [6.07, 6.45) is 1.56. The third-order valence-corrected chi connectivity index (χ3v) is 4.94. The van der Waals surface area contributed by atoms with Crippen LogP contribution in [0.3, 0.4) is 0 Å². The molecule has 0 radical (unpaired) electrons. The van der Waals surface area contributed by atoms with Crippen molar-refractivity contribution in [2.45, 2.75) is 12.8 Å². The second-order valence-corrected chi connectivity index (χ2v) is 6.88. The smallest absolute Gasteiger partial charge is 0.227 e. The van der Waals surface area contributed by atoms with Gasteiger partial charge in [0, 0.05) is 35.4 Å². The molecule has 2 aromatic carbocycles. The molecule has 0 unspecified atom stereocenters. The summed E-state index contributed by atoms with van der Waals surface area (Å²) in [6, 6.07) is 14.7. The highest BCUT2D eigenvalue weighted by atomic mass is 35.5. The maximum absolute atomic E-state index is 12.5. The number of nitriles is 1. The fourth-order valence-electron chi connectivity index (χ4n) is 3.00. The summed E-state index contributed by atoms with van der Waals surface area (Å²) < 4.78 is 0. The fraction of sp³-hybridized carbons (Fsp3) is 0.263. The van der Waals surface area contributed by atoms with Crippen LogP contribution in [0.4, 0.5) is 11.4 Å². The number of anilines is 2. The number of amides is 1. The van der Waals surface area contributed by atoms with Crippen LogP contribution in [0.5, 0.6) is 0 Å². The fourth-order valence-corrected chi connectivity index (χ4v) is 3.41. The quantitative estimate of drug-likeness (QED) is 0.846. The Balaban J connectivity index is 1.58. The number of halogens is 2. The van der Waals surface area contributed by atoms with Gasteiger partial charge in [0.25, 0.3) is 0 Å². The molecule has 1 fully saturated rings. The number of carbonyl (C=O) groups excluding carboxylic acids is 1. The molecule has 0 saturated carbocycles. The van der Waals surface area contributed by atoms with E-state index in [2.05, 4.69) is 10.2 Å². The third-order valence-electron chi connectivity index (χ3n) is 4.40. The van der Waals surface area contributed by atoms with E-state index >= 15 is 0 Å². The Bertz CT molecular complexity index is 824. The van der Waals surface area contributed by atoms with Crippen LogP contribution >= 0.6 is 23.2 Å². The van der Waals surface area contributed by atoms with Gasteiger partial charge in [0.15, 0.2) is 0 Å². The van der Waals surface area contributed by atoms with Gasteiger partial charge in [-0.25, -0.2) is 0 Å². The van der Waals surface area contributed by atoms with Gasteiger partial charge in [0.2, 0.25) is 5.91 Å². The summed E-state index contributed by atoms with van der Waals surface area (Å²) in [5.41, 5.74) is 2.10. The molecular weight excluding hydrogens is 357 g/mol. The second-order valence-electron chi connectivity index (χ2n) is 6.04. The first-order valence-electron chi connectivity index (χ1n) is 8.08. The zero-order valence-corrected chi connectivity index (χ0v) is 15.0. The van der Waals surface area contributed by atoms with Crippen molar-refractivity contribution in [3.63, 3.8) is 0 Å². The number of carbonyl (C=O) groups is 1. The molecule has 1 amide bonds. The molecule has 0 atom stereocenters. The molecule has 4 nitrogen and oxygen atoms in total. The molecule has 25 heavy (non-hydrogen) atoms. The van der Waals surface area contributed by atoms with E-state index in [1.807, 2.05) is 30.3 Å². The minimum atomic E-state index is -0.0372. The van der Waals surface area contributed by atoms with Crippen LogP contribution < -0.4 is 10.2 Å². The van der Waals surface area contributed by atoms with E-state index < -0.39 is 0 Å². The zero-order valence-electron chi connectivity index (χ0n) is 13.5. The number of benzene rings is 2. The third kappa shape index (κ3) is 4.25. The van der Waals surface area contributed by atoms with E-state index in [4.69, 9.17) is 28.5 Å². The summed E-state index contributed by atoms with van der Waals surface area (Å²) in [6.45, 7) is 1.62. The van der Waals surface area contributed by atoms with Gasteiger partial charge in [-0.1, -0.05) is 29.3 Å². The summed E-state index contributed by atoms with van der Waals surface area (Å²) in [4.78, 5) is 14.7. The van der Waals surface area contributed by atoms with E-state index in [1.54, 1.807) is 18.2 Å². The number of piperidine rings is 1. The van der Waals surface area contributed by atoms with Crippen molar-refractivity contribution >= 4 is 40.5 Å². The van der Waals surface area contributed by atoms with Crippen molar-refractivity contribution < 1.29 is 4.79 Å². The standard InChI is InChI=1S/C19H17Cl2N3O/c20-15-2-1-3-17(10-15)24-8-6-13(7-9-24)19(25)23-16-5-4-14(12-22)18(21)11-16/h1-5,10-11,13H,6-9H2,(H,23,25). The number of rotatable bonds is 3. The molecule has 0 aliphatic carbocycles. The highest BCUT2D eigenvalue weighted by Gasteiger charge is 2.25. The average Bonchev–Trinajstić information content (AvgIpc) is 2.62. The summed E-state index contributed by atoms with van der Waals surface area (Å²) in [5, 5.41) is 12.9. The Labute approximate surface area is 157 Å². The molecule has 1 saturated heterocycles. The van der Waals surface area contributed by atoms with Gasteiger partial charge >= 0.3 is 0 Å². The summed E-state index contributed by atoms with van der Waals surface area (Å²) in [7, 11) is 0. The Morgan fingerprint density at radius 3 is 2.56 bits per heavy atom. The summed E-state index contributed by atoms with van der Waals surface area (Å²) in [5.74, 6) is -0.0450. The van der Waals surface area contributed by atoms with Crippen LogP contribution in [0.25, 0.3) is 0 Å². The van der Waals surface area contributed by atoms with Crippen molar-refractivity contribution in [3.8, 4) is 6.07 Å². The molecule has 0 bridgehead atoms. The first-order valence-corrected chi connectivity index (χ1v) is 8.83. The maximum atomic E-state index is 12.5. The maximum Gasteiger partial charge on any atom is 0.227 e. The van der Waals surface area contributed by atoms with E-state index in [-0.39, 0.29) is 11.8 Å². The monoisotopic (exact) mass is 373 g/mol. The molecule has 1 aliphatic heterocycles. The molecule has 6 heteroatoms. The predicted molar refractivity (Wildman–Crippen MR) is 101 cm³/mol. The molecule has 1 heterocycles. The van der Waals surface area contributed by atoms with E-state index in [1.165, 1.54) is 0 Å². The van der Waals surface area contributed by atoms with Gasteiger partial charge in [-0.2, -0.15) is 5.26 Å². The largest absolute Gasteiger partial charge is 0.371 e. The van der Waals surface area contributed by atoms with Crippen molar-refractivity contribution in [1.82, 2.24) is 0 Å². The molecule has 3 rings (SSSR count). The topological polar surface area (TPSA) is 56.1 Å². The lowest BCUT2D eigenvalue weighted by Crippen LogP contribution is -2.38. The van der Waals surface area contributed by atoms with Crippen LogP contribution in [0.2, 0.25) is 10.0 Å². The second kappa shape index (κ2) is 7.77.